The summed E-state index contributed by atoms with van der Waals surface area (Å²) in [4.78, 5) is 30.0. The number of imidazole rings is 1. The van der Waals surface area contributed by atoms with E-state index in [0.29, 0.717) is 5.56 Å². The Labute approximate surface area is 176 Å². The number of carbonyl (C=O) groups is 2. The molecule has 2 N–H and O–H groups in total. The van der Waals surface area contributed by atoms with Gasteiger partial charge in [-0.1, -0.05) is 44.2 Å². The molecule has 2 aromatic carbocycles. The van der Waals surface area contributed by atoms with Crippen LogP contribution in [0, 0.1) is 5.92 Å². The minimum Gasteiger partial charge on any atom is -0.346 e. The van der Waals surface area contributed by atoms with E-state index in [9.17, 15) is 9.59 Å². The first-order valence-corrected chi connectivity index (χ1v) is 10.5. The van der Waals surface area contributed by atoms with E-state index in [1.807, 2.05) is 36.4 Å². The first-order valence-electron chi connectivity index (χ1n) is 10.5. The Bertz CT molecular complexity index is 1100. The van der Waals surface area contributed by atoms with Crippen molar-refractivity contribution in [2.75, 3.05) is 0 Å². The van der Waals surface area contributed by atoms with Crippen LogP contribution in [0.15, 0.2) is 48.5 Å². The highest BCUT2D eigenvalue weighted by molar-refractivity contribution is 5.99. The highest BCUT2D eigenvalue weighted by atomic mass is 16.2. The van der Waals surface area contributed by atoms with Crippen molar-refractivity contribution in [2.45, 2.75) is 52.2 Å². The molecule has 1 aliphatic rings. The molecule has 30 heavy (non-hydrogen) atoms. The van der Waals surface area contributed by atoms with Crippen LogP contribution in [0.5, 0.6) is 0 Å². The Hall–Kier alpha value is -3.15. The molecule has 1 aromatic heterocycles. The van der Waals surface area contributed by atoms with Crippen LogP contribution < -0.4 is 10.6 Å². The molecular weight excluding hydrogens is 376 g/mol. The lowest BCUT2D eigenvalue weighted by Gasteiger charge is -2.25. The minimum absolute atomic E-state index is 0.0990. The van der Waals surface area contributed by atoms with Gasteiger partial charge in [-0.15, -0.1) is 0 Å². The zero-order valence-electron chi connectivity index (χ0n) is 17.8. The molecule has 0 bridgehead atoms. The Morgan fingerprint density at radius 1 is 1.10 bits per heavy atom. The van der Waals surface area contributed by atoms with Crippen molar-refractivity contribution in [1.82, 2.24) is 20.2 Å². The number of rotatable bonds is 6. The summed E-state index contributed by atoms with van der Waals surface area (Å²) in [6, 6.07) is 15.2. The quantitative estimate of drug-likeness (QED) is 0.643. The number of hydrogen-bond donors (Lipinski definition) is 2. The van der Waals surface area contributed by atoms with Crippen LogP contribution in [0.25, 0.3) is 11.0 Å². The number of para-hydroxylation sites is 2. The number of carbonyl (C=O) groups excluding carboxylic acids is 2. The summed E-state index contributed by atoms with van der Waals surface area (Å²) < 4.78 is 2.20. The molecule has 0 radical (unpaired) electrons. The van der Waals surface area contributed by atoms with Crippen molar-refractivity contribution in [1.29, 1.82) is 0 Å². The zero-order chi connectivity index (χ0) is 21.4. The molecule has 0 aliphatic carbocycles. The molecule has 0 saturated heterocycles. The summed E-state index contributed by atoms with van der Waals surface area (Å²) in [5, 5.41) is 6.11. The summed E-state index contributed by atoms with van der Waals surface area (Å²) in [5.41, 5.74) is 3.53. The van der Waals surface area contributed by atoms with E-state index in [2.05, 4.69) is 49.0 Å². The molecular formula is C24H28N4O2. The average molecular weight is 405 g/mol. The Balaban J connectivity index is 1.60. The van der Waals surface area contributed by atoms with E-state index in [4.69, 9.17) is 4.98 Å². The molecule has 2 heterocycles. The van der Waals surface area contributed by atoms with Crippen LogP contribution in [0.2, 0.25) is 0 Å². The van der Waals surface area contributed by atoms with Gasteiger partial charge in [0, 0.05) is 11.6 Å². The number of fused-ring (bicyclic) bond motifs is 2. The normalized spacial score (nSPS) is 16.7. The van der Waals surface area contributed by atoms with Crippen molar-refractivity contribution < 1.29 is 9.59 Å². The van der Waals surface area contributed by atoms with Gasteiger partial charge in [0.25, 0.3) is 5.91 Å². The van der Waals surface area contributed by atoms with E-state index in [1.165, 1.54) is 0 Å². The maximum absolute atomic E-state index is 13.0. The number of benzene rings is 2. The van der Waals surface area contributed by atoms with Crippen LogP contribution >= 0.6 is 0 Å². The summed E-state index contributed by atoms with van der Waals surface area (Å²) in [5.74, 6) is 0.808. The largest absolute Gasteiger partial charge is 0.346 e. The molecule has 3 aromatic rings. The first-order chi connectivity index (χ1) is 14.4. The number of aromatic nitrogens is 2. The first kappa shape index (κ1) is 20.1. The number of hydrogen-bond acceptors (Lipinski definition) is 3. The van der Waals surface area contributed by atoms with Gasteiger partial charge in [-0.25, -0.2) is 4.98 Å². The van der Waals surface area contributed by atoms with E-state index < -0.39 is 0 Å². The van der Waals surface area contributed by atoms with Crippen LogP contribution in [-0.4, -0.2) is 21.4 Å². The van der Waals surface area contributed by atoms with Crippen LogP contribution in [0.4, 0.5) is 0 Å². The van der Waals surface area contributed by atoms with Crippen LogP contribution in [0.1, 0.15) is 74.0 Å². The third-order valence-corrected chi connectivity index (χ3v) is 5.68. The topological polar surface area (TPSA) is 76.0 Å². The SMILES string of the molecule is CC(C)C(NC(=O)CC1NC(=O)c2ccccc21)c1nc2ccccc2n1C(C)C. The lowest BCUT2D eigenvalue weighted by Crippen LogP contribution is -2.36. The van der Waals surface area contributed by atoms with Gasteiger partial charge >= 0.3 is 0 Å². The Kier molecular flexibility index (Phi) is 5.33. The predicted molar refractivity (Wildman–Crippen MR) is 117 cm³/mol. The van der Waals surface area contributed by atoms with Gasteiger partial charge in [0.1, 0.15) is 5.82 Å². The molecule has 156 valence electrons. The van der Waals surface area contributed by atoms with Gasteiger partial charge in [-0.05, 0) is 43.5 Å². The minimum atomic E-state index is -0.301. The third kappa shape index (κ3) is 3.58. The van der Waals surface area contributed by atoms with Gasteiger partial charge in [-0.3, -0.25) is 9.59 Å². The van der Waals surface area contributed by atoms with Crippen molar-refractivity contribution >= 4 is 22.8 Å². The molecule has 2 unspecified atom stereocenters. The molecule has 0 spiro atoms. The summed E-state index contributed by atoms with van der Waals surface area (Å²) in [6.07, 6.45) is 0.202. The lowest BCUT2D eigenvalue weighted by molar-refractivity contribution is -0.122. The fourth-order valence-electron chi connectivity index (χ4n) is 4.25. The third-order valence-electron chi connectivity index (χ3n) is 5.68. The summed E-state index contributed by atoms with van der Waals surface area (Å²) in [7, 11) is 0. The van der Waals surface area contributed by atoms with Crippen LogP contribution in [0.3, 0.4) is 0 Å². The second-order valence-electron chi connectivity index (χ2n) is 8.53. The molecule has 6 nitrogen and oxygen atoms in total. The van der Waals surface area contributed by atoms with Crippen molar-refractivity contribution in [3.8, 4) is 0 Å². The average Bonchev–Trinajstić information content (AvgIpc) is 3.24. The highest BCUT2D eigenvalue weighted by Gasteiger charge is 2.31. The summed E-state index contributed by atoms with van der Waals surface area (Å²) in [6.45, 7) is 8.42. The second kappa shape index (κ2) is 7.94. The molecule has 6 heteroatoms. The molecule has 2 amide bonds. The van der Waals surface area contributed by atoms with Gasteiger partial charge in [0.2, 0.25) is 5.91 Å². The van der Waals surface area contributed by atoms with Crippen molar-refractivity contribution in [2.24, 2.45) is 5.92 Å². The number of amides is 2. The molecule has 2 atom stereocenters. The van der Waals surface area contributed by atoms with E-state index in [1.54, 1.807) is 6.07 Å². The molecule has 0 saturated carbocycles. The zero-order valence-corrected chi connectivity index (χ0v) is 17.8. The van der Waals surface area contributed by atoms with Crippen LogP contribution in [-0.2, 0) is 4.79 Å². The standard InChI is InChI=1S/C24H28N4O2/c1-14(2)22(23-25-18-11-7-8-12-20(18)28(23)15(3)4)27-21(29)13-19-16-9-5-6-10-17(16)24(30)26-19/h5-12,14-15,19,22H,13H2,1-4H3,(H,26,30)(H,27,29). The van der Waals surface area contributed by atoms with Gasteiger partial charge in [-0.2, -0.15) is 0 Å². The monoisotopic (exact) mass is 404 g/mol. The van der Waals surface area contributed by atoms with Gasteiger partial charge in [0.15, 0.2) is 0 Å². The smallest absolute Gasteiger partial charge is 0.252 e. The Morgan fingerprint density at radius 2 is 1.80 bits per heavy atom. The predicted octanol–water partition coefficient (Wildman–Crippen LogP) is 4.31. The second-order valence-corrected chi connectivity index (χ2v) is 8.53. The summed E-state index contributed by atoms with van der Waals surface area (Å²) >= 11 is 0. The van der Waals surface area contributed by atoms with Gasteiger partial charge < -0.3 is 15.2 Å². The molecule has 0 fully saturated rings. The molecule has 1 aliphatic heterocycles. The Morgan fingerprint density at radius 3 is 2.53 bits per heavy atom. The van der Waals surface area contributed by atoms with Crippen molar-refractivity contribution in [3.63, 3.8) is 0 Å². The van der Waals surface area contributed by atoms with E-state index >= 15 is 0 Å². The number of nitrogens with one attached hydrogen (secondary N) is 2. The maximum Gasteiger partial charge on any atom is 0.252 e. The highest BCUT2D eigenvalue weighted by Crippen LogP contribution is 2.31. The van der Waals surface area contributed by atoms with Gasteiger partial charge in [0.05, 0.1) is 29.5 Å². The van der Waals surface area contributed by atoms with E-state index in [0.717, 1.165) is 22.4 Å². The maximum atomic E-state index is 13.0. The van der Waals surface area contributed by atoms with E-state index in [-0.39, 0.29) is 42.3 Å². The van der Waals surface area contributed by atoms with Crippen molar-refractivity contribution in [3.05, 3.63) is 65.5 Å². The lowest BCUT2D eigenvalue weighted by atomic mass is 10.0. The fourth-order valence-corrected chi connectivity index (χ4v) is 4.25. The number of nitrogens with zero attached hydrogens (tertiary/aromatic N) is 2. The molecule has 4 rings (SSSR count). The fraction of sp³-hybridized carbons (Fsp3) is 0.375.